The second-order valence-electron chi connectivity index (χ2n) is 6.46. The van der Waals surface area contributed by atoms with Crippen molar-refractivity contribution in [3.63, 3.8) is 0 Å². The summed E-state index contributed by atoms with van der Waals surface area (Å²) in [5.74, 6) is 0. The van der Waals surface area contributed by atoms with Crippen molar-refractivity contribution in [3.8, 4) is 0 Å². The van der Waals surface area contributed by atoms with Crippen LogP contribution in [0.1, 0.15) is 22.5 Å². The highest BCUT2D eigenvalue weighted by molar-refractivity contribution is 6.31. The number of aryl methyl sites for hydroxylation is 1. The molecule has 5 nitrogen and oxygen atoms in total. The van der Waals surface area contributed by atoms with Crippen LogP contribution in [-0.4, -0.2) is 37.9 Å². The van der Waals surface area contributed by atoms with Gasteiger partial charge < -0.3 is 10.1 Å². The van der Waals surface area contributed by atoms with Gasteiger partial charge in [-0.25, -0.2) is 0 Å². The monoisotopic (exact) mass is 344 g/mol. The molecule has 3 aromatic rings. The van der Waals surface area contributed by atoms with Gasteiger partial charge >= 0.3 is 0 Å². The highest BCUT2D eigenvalue weighted by Gasteiger charge is 2.21. The lowest BCUT2D eigenvalue weighted by atomic mass is 10.0. The Morgan fingerprint density at radius 2 is 2.25 bits per heavy atom. The summed E-state index contributed by atoms with van der Waals surface area (Å²) in [6.45, 7) is 5.52. The van der Waals surface area contributed by atoms with Crippen molar-refractivity contribution >= 4 is 22.5 Å². The van der Waals surface area contributed by atoms with Crippen LogP contribution in [0.15, 0.2) is 24.4 Å². The third-order valence-corrected chi connectivity index (χ3v) is 5.02. The zero-order chi connectivity index (χ0) is 16.7. The SMILES string of the molecule is Cc1nn(CCO)cc1CN1CCc2[nH]c3ccc(Cl)cc3c2C1. The van der Waals surface area contributed by atoms with Gasteiger partial charge in [0, 0.05) is 59.4 Å². The lowest BCUT2D eigenvalue weighted by molar-refractivity contribution is 0.245. The molecule has 0 fully saturated rings. The number of aromatic nitrogens is 3. The molecule has 6 heteroatoms. The Labute approximate surface area is 145 Å². The zero-order valence-corrected chi connectivity index (χ0v) is 14.5. The first-order chi connectivity index (χ1) is 11.6. The van der Waals surface area contributed by atoms with Crippen LogP contribution in [0.25, 0.3) is 10.9 Å². The maximum absolute atomic E-state index is 9.06. The molecule has 0 saturated carbocycles. The molecule has 4 rings (SSSR count). The topological polar surface area (TPSA) is 57.1 Å². The lowest BCUT2D eigenvalue weighted by Crippen LogP contribution is -2.29. The number of halogens is 1. The minimum atomic E-state index is 0.115. The Balaban J connectivity index is 1.58. The van der Waals surface area contributed by atoms with Crippen molar-refractivity contribution in [3.05, 3.63) is 51.9 Å². The molecular formula is C18H21ClN4O. The number of aromatic amines is 1. The van der Waals surface area contributed by atoms with Gasteiger partial charge in [-0.2, -0.15) is 5.10 Å². The van der Waals surface area contributed by atoms with E-state index in [0.29, 0.717) is 6.54 Å². The molecule has 126 valence electrons. The lowest BCUT2D eigenvalue weighted by Gasteiger charge is -2.26. The van der Waals surface area contributed by atoms with Crippen molar-refractivity contribution in [1.82, 2.24) is 19.7 Å². The first-order valence-electron chi connectivity index (χ1n) is 8.29. The summed E-state index contributed by atoms with van der Waals surface area (Å²) in [4.78, 5) is 5.98. The maximum Gasteiger partial charge on any atom is 0.0641 e. The van der Waals surface area contributed by atoms with Gasteiger partial charge in [-0.1, -0.05) is 11.6 Å². The van der Waals surface area contributed by atoms with Crippen LogP contribution in [0.5, 0.6) is 0 Å². The molecule has 3 heterocycles. The number of hydrogen-bond donors (Lipinski definition) is 2. The Kier molecular flexibility index (Phi) is 4.08. The number of aliphatic hydroxyl groups is 1. The maximum atomic E-state index is 9.06. The fraction of sp³-hybridized carbons (Fsp3) is 0.389. The van der Waals surface area contributed by atoms with E-state index in [1.807, 2.05) is 23.9 Å². The summed E-state index contributed by atoms with van der Waals surface area (Å²) in [6, 6.07) is 6.05. The van der Waals surface area contributed by atoms with Crippen LogP contribution in [0.2, 0.25) is 5.02 Å². The van der Waals surface area contributed by atoms with E-state index in [9.17, 15) is 0 Å². The molecule has 0 unspecified atom stereocenters. The third-order valence-electron chi connectivity index (χ3n) is 4.79. The van der Waals surface area contributed by atoms with Gasteiger partial charge in [0.2, 0.25) is 0 Å². The highest BCUT2D eigenvalue weighted by Crippen LogP contribution is 2.30. The average Bonchev–Trinajstić information content (AvgIpc) is 3.08. The standard InChI is InChI=1S/C18H21ClN4O/c1-12-13(10-23(21-12)6-7-24)9-22-5-4-18-16(11-22)15-8-14(19)2-3-17(15)20-18/h2-3,8,10,20,24H,4-7,9,11H2,1H3. The highest BCUT2D eigenvalue weighted by atomic mass is 35.5. The largest absolute Gasteiger partial charge is 0.394 e. The summed E-state index contributed by atoms with van der Waals surface area (Å²) >= 11 is 6.18. The van der Waals surface area contributed by atoms with Gasteiger partial charge in [-0.3, -0.25) is 9.58 Å². The van der Waals surface area contributed by atoms with E-state index in [1.54, 1.807) is 0 Å². The van der Waals surface area contributed by atoms with Crippen LogP contribution in [0, 0.1) is 6.92 Å². The minimum Gasteiger partial charge on any atom is -0.394 e. The third kappa shape index (κ3) is 2.83. The van der Waals surface area contributed by atoms with Crippen LogP contribution < -0.4 is 0 Å². The van der Waals surface area contributed by atoms with Gasteiger partial charge in [0.05, 0.1) is 18.8 Å². The van der Waals surface area contributed by atoms with Gasteiger partial charge in [0.25, 0.3) is 0 Å². The van der Waals surface area contributed by atoms with E-state index in [1.165, 1.54) is 22.2 Å². The van der Waals surface area contributed by atoms with E-state index >= 15 is 0 Å². The van der Waals surface area contributed by atoms with Crippen LogP contribution in [0.3, 0.4) is 0 Å². The molecule has 0 saturated heterocycles. The van der Waals surface area contributed by atoms with Gasteiger partial charge in [-0.05, 0) is 30.7 Å². The van der Waals surface area contributed by atoms with Crippen LogP contribution in [-0.2, 0) is 26.1 Å². The molecule has 1 aromatic carbocycles. The molecule has 1 aliphatic rings. The van der Waals surface area contributed by atoms with E-state index in [2.05, 4.69) is 27.1 Å². The Morgan fingerprint density at radius 1 is 1.38 bits per heavy atom. The van der Waals surface area contributed by atoms with Crippen molar-refractivity contribution in [2.75, 3.05) is 13.2 Å². The fourth-order valence-corrected chi connectivity index (χ4v) is 3.72. The van der Waals surface area contributed by atoms with E-state index in [0.717, 1.165) is 42.3 Å². The molecule has 0 amide bonds. The molecule has 0 spiro atoms. The van der Waals surface area contributed by atoms with Gasteiger partial charge in [0.1, 0.15) is 0 Å². The van der Waals surface area contributed by atoms with Crippen molar-refractivity contribution in [1.29, 1.82) is 0 Å². The summed E-state index contributed by atoms with van der Waals surface area (Å²) in [7, 11) is 0. The summed E-state index contributed by atoms with van der Waals surface area (Å²) in [5, 5.41) is 15.5. The molecule has 2 aromatic heterocycles. The number of nitrogens with one attached hydrogen (secondary N) is 1. The number of nitrogens with zero attached hydrogens (tertiary/aromatic N) is 3. The number of fused-ring (bicyclic) bond motifs is 3. The summed E-state index contributed by atoms with van der Waals surface area (Å²) in [5.41, 5.74) is 6.12. The molecule has 1 aliphatic heterocycles. The molecule has 24 heavy (non-hydrogen) atoms. The van der Waals surface area contributed by atoms with Gasteiger partial charge in [-0.15, -0.1) is 0 Å². The Hall–Kier alpha value is -1.82. The molecule has 0 atom stereocenters. The Bertz CT molecular complexity index is 883. The number of hydrogen-bond acceptors (Lipinski definition) is 3. The van der Waals surface area contributed by atoms with E-state index in [4.69, 9.17) is 16.7 Å². The second-order valence-corrected chi connectivity index (χ2v) is 6.90. The second kappa shape index (κ2) is 6.24. The number of benzene rings is 1. The van der Waals surface area contributed by atoms with Crippen LogP contribution in [0.4, 0.5) is 0 Å². The van der Waals surface area contributed by atoms with Crippen molar-refractivity contribution < 1.29 is 5.11 Å². The molecule has 0 bridgehead atoms. The molecular weight excluding hydrogens is 324 g/mol. The predicted octanol–water partition coefficient (Wildman–Crippen LogP) is 2.88. The average molecular weight is 345 g/mol. The number of rotatable bonds is 4. The Morgan fingerprint density at radius 3 is 3.08 bits per heavy atom. The quantitative estimate of drug-likeness (QED) is 0.765. The fourth-order valence-electron chi connectivity index (χ4n) is 3.55. The van der Waals surface area contributed by atoms with Crippen LogP contribution >= 0.6 is 11.6 Å². The van der Waals surface area contributed by atoms with Gasteiger partial charge in [0.15, 0.2) is 0 Å². The molecule has 2 N–H and O–H groups in total. The first kappa shape index (κ1) is 15.7. The van der Waals surface area contributed by atoms with Crippen molar-refractivity contribution in [2.24, 2.45) is 0 Å². The number of aliphatic hydroxyl groups excluding tert-OH is 1. The zero-order valence-electron chi connectivity index (χ0n) is 13.7. The molecule has 0 radical (unpaired) electrons. The van der Waals surface area contributed by atoms with E-state index in [-0.39, 0.29) is 6.61 Å². The summed E-state index contributed by atoms with van der Waals surface area (Å²) in [6.07, 6.45) is 3.07. The molecule has 0 aliphatic carbocycles. The number of H-pyrrole nitrogens is 1. The van der Waals surface area contributed by atoms with Crippen molar-refractivity contribution in [2.45, 2.75) is 33.0 Å². The van der Waals surface area contributed by atoms with E-state index < -0.39 is 0 Å². The smallest absolute Gasteiger partial charge is 0.0641 e. The summed E-state index contributed by atoms with van der Waals surface area (Å²) < 4.78 is 1.82. The minimum absolute atomic E-state index is 0.115. The first-order valence-corrected chi connectivity index (χ1v) is 8.67. The predicted molar refractivity (Wildman–Crippen MR) is 95.2 cm³/mol. The normalized spacial score (nSPS) is 15.1.